The number of oxazole rings is 1. The number of fused-ring (bicyclic) bond motifs is 1. The first-order valence-corrected chi connectivity index (χ1v) is 9.58. The molecule has 1 unspecified atom stereocenters. The Morgan fingerprint density at radius 2 is 1.93 bits per heavy atom. The van der Waals surface area contributed by atoms with Crippen molar-refractivity contribution in [1.82, 2.24) is 9.47 Å². The number of amides is 1. The average Bonchev–Trinajstić information content (AvgIpc) is 3.43. The van der Waals surface area contributed by atoms with Gasteiger partial charge < -0.3 is 9.32 Å². The van der Waals surface area contributed by atoms with Crippen molar-refractivity contribution in [2.24, 2.45) is 0 Å². The van der Waals surface area contributed by atoms with E-state index in [1.54, 1.807) is 6.07 Å². The highest BCUT2D eigenvalue weighted by atomic mass is 35.5. The summed E-state index contributed by atoms with van der Waals surface area (Å²) in [5.41, 5.74) is 2.20. The molecule has 0 bridgehead atoms. The van der Waals surface area contributed by atoms with E-state index >= 15 is 0 Å². The largest absolute Gasteiger partial charge is 0.419 e. The first-order valence-electron chi connectivity index (χ1n) is 9.20. The molecule has 1 fully saturated rings. The molecule has 3 aromatic rings. The minimum atomic E-state index is -0.430. The fourth-order valence-electron chi connectivity index (χ4n) is 3.61. The predicted molar refractivity (Wildman–Crippen MR) is 105 cm³/mol. The second kappa shape index (κ2) is 7.24. The topological polar surface area (TPSA) is 55.5 Å². The Hall–Kier alpha value is -2.53. The van der Waals surface area contributed by atoms with Crippen molar-refractivity contribution in [2.45, 2.75) is 44.8 Å². The molecule has 1 heterocycles. The summed E-state index contributed by atoms with van der Waals surface area (Å²) in [5, 5.41) is 0.667. The molecule has 1 aliphatic rings. The van der Waals surface area contributed by atoms with Crippen molar-refractivity contribution >= 4 is 28.6 Å². The van der Waals surface area contributed by atoms with Crippen LogP contribution in [-0.2, 0) is 11.3 Å². The van der Waals surface area contributed by atoms with Crippen LogP contribution in [0, 0.1) is 0 Å². The Labute approximate surface area is 162 Å². The van der Waals surface area contributed by atoms with Gasteiger partial charge in [0.2, 0.25) is 5.91 Å². The van der Waals surface area contributed by atoms with Crippen molar-refractivity contribution in [3.05, 3.63) is 69.7 Å². The fourth-order valence-corrected chi connectivity index (χ4v) is 3.91. The number of para-hydroxylation sites is 2. The van der Waals surface area contributed by atoms with E-state index in [-0.39, 0.29) is 24.4 Å². The molecule has 6 heteroatoms. The van der Waals surface area contributed by atoms with Crippen LogP contribution in [0.25, 0.3) is 11.1 Å². The van der Waals surface area contributed by atoms with E-state index in [9.17, 15) is 9.59 Å². The van der Waals surface area contributed by atoms with Gasteiger partial charge in [0.1, 0.15) is 0 Å². The summed E-state index contributed by atoms with van der Waals surface area (Å²) in [7, 11) is 0. The Bertz CT molecular complexity index is 1040. The van der Waals surface area contributed by atoms with Crippen LogP contribution in [-0.4, -0.2) is 21.4 Å². The molecule has 0 N–H and O–H groups in total. The van der Waals surface area contributed by atoms with Crippen LogP contribution in [0.5, 0.6) is 0 Å². The van der Waals surface area contributed by atoms with Crippen molar-refractivity contribution in [1.29, 1.82) is 0 Å². The summed E-state index contributed by atoms with van der Waals surface area (Å²) in [4.78, 5) is 27.1. The highest BCUT2D eigenvalue weighted by Gasteiger charge is 2.36. The van der Waals surface area contributed by atoms with E-state index in [4.69, 9.17) is 16.0 Å². The molecule has 1 atom stereocenters. The van der Waals surface area contributed by atoms with Crippen LogP contribution in [0.2, 0.25) is 5.02 Å². The number of hydrogen-bond donors (Lipinski definition) is 0. The van der Waals surface area contributed by atoms with E-state index in [1.165, 1.54) is 4.57 Å². The van der Waals surface area contributed by atoms with Crippen molar-refractivity contribution in [3.8, 4) is 0 Å². The molecule has 5 nitrogen and oxygen atoms in total. The van der Waals surface area contributed by atoms with E-state index in [1.807, 2.05) is 54.3 Å². The Balaban J connectivity index is 1.54. The van der Waals surface area contributed by atoms with E-state index < -0.39 is 5.76 Å². The second-order valence-corrected chi connectivity index (χ2v) is 7.37. The number of nitrogens with zero attached hydrogens (tertiary/aromatic N) is 2. The van der Waals surface area contributed by atoms with Crippen LogP contribution in [0.1, 0.15) is 37.8 Å². The van der Waals surface area contributed by atoms with Gasteiger partial charge in [0, 0.05) is 24.0 Å². The van der Waals surface area contributed by atoms with Crippen LogP contribution in [0.4, 0.5) is 0 Å². The highest BCUT2D eigenvalue weighted by Crippen LogP contribution is 2.37. The van der Waals surface area contributed by atoms with E-state index in [0.29, 0.717) is 22.7 Å². The second-order valence-electron chi connectivity index (χ2n) is 6.97. The number of aromatic nitrogens is 1. The number of carbonyl (C=O) groups is 1. The molecule has 0 aliphatic heterocycles. The molecule has 2 aromatic carbocycles. The average molecular weight is 385 g/mol. The first-order chi connectivity index (χ1) is 13.1. The monoisotopic (exact) mass is 384 g/mol. The van der Waals surface area contributed by atoms with Gasteiger partial charge in [-0.25, -0.2) is 4.79 Å². The van der Waals surface area contributed by atoms with E-state index in [0.717, 1.165) is 18.4 Å². The quantitative estimate of drug-likeness (QED) is 0.633. The molecular formula is C21H21ClN2O3. The smallest absolute Gasteiger partial charge is 0.408 e. The molecule has 1 aliphatic carbocycles. The molecule has 0 radical (unpaired) electrons. The number of halogens is 1. The molecular weight excluding hydrogens is 364 g/mol. The molecule has 0 saturated heterocycles. The highest BCUT2D eigenvalue weighted by molar-refractivity contribution is 6.31. The Morgan fingerprint density at radius 3 is 2.67 bits per heavy atom. The Kier molecular flexibility index (Phi) is 4.79. The molecule has 1 amide bonds. The van der Waals surface area contributed by atoms with Gasteiger partial charge in [0.05, 0.1) is 11.6 Å². The molecule has 4 rings (SSSR count). The summed E-state index contributed by atoms with van der Waals surface area (Å²) in [5.74, 6) is -0.400. The zero-order valence-electron chi connectivity index (χ0n) is 15.1. The van der Waals surface area contributed by atoms with Crippen LogP contribution in [0.15, 0.2) is 57.7 Å². The van der Waals surface area contributed by atoms with Gasteiger partial charge in [-0.15, -0.1) is 0 Å². The van der Waals surface area contributed by atoms with Gasteiger partial charge in [-0.2, -0.15) is 0 Å². The lowest BCUT2D eigenvalue weighted by molar-refractivity contribution is -0.134. The maximum absolute atomic E-state index is 13.0. The number of hydrogen-bond acceptors (Lipinski definition) is 3. The number of aryl methyl sites for hydroxylation is 1. The Morgan fingerprint density at radius 1 is 1.22 bits per heavy atom. The normalized spacial score (nSPS) is 15.0. The van der Waals surface area contributed by atoms with Crippen molar-refractivity contribution < 1.29 is 9.21 Å². The zero-order chi connectivity index (χ0) is 19.0. The summed E-state index contributed by atoms with van der Waals surface area (Å²) >= 11 is 6.34. The maximum Gasteiger partial charge on any atom is 0.419 e. The molecule has 140 valence electrons. The van der Waals surface area contributed by atoms with Gasteiger partial charge in [-0.3, -0.25) is 9.36 Å². The minimum Gasteiger partial charge on any atom is -0.408 e. The SMILES string of the molecule is CC(c1ccccc1Cl)N(C(=O)CCn1c(=O)oc2ccccc21)C1CC1. The number of benzene rings is 2. The van der Waals surface area contributed by atoms with Gasteiger partial charge in [-0.05, 0) is 43.5 Å². The number of carbonyl (C=O) groups excluding carboxylic acids is 1. The predicted octanol–water partition coefficient (Wildman–Crippen LogP) is 4.39. The van der Waals surface area contributed by atoms with Gasteiger partial charge in [-0.1, -0.05) is 41.9 Å². The standard InChI is InChI=1S/C21H21ClN2O3/c1-14(16-6-2-3-7-17(16)22)24(15-10-11-15)20(25)12-13-23-18-8-4-5-9-19(18)27-21(23)26/h2-9,14-15H,10-13H2,1H3. The number of rotatable bonds is 6. The van der Waals surface area contributed by atoms with Crippen LogP contribution < -0.4 is 5.76 Å². The van der Waals surface area contributed by atoms with Crippen molar-refractivity contribution in [3.63, 3.8) is 0 Å². The third-order valence-corrected chi connectivity index (χ3v) is 5.47. The lowest BCUT2D eigenvalue weighted by Gasteiger charge is -2.30. The molecule has 1 aromatic heterocycles. The lowest BCUT2D eigenvalue weighted by atomic mass is 10.1. The molecule has 27 heavy (non-hydrogen) atoms. The maximum atomic E-state index is 13.0. The molecule has 1 saturated carbocycles. The zero-order valence-corrected chi connectivity index (χ0v) is 15.9. The van der Waals surface area contributed by atoms with Gasteiger partial charge in [0.25, 0.3) is 0 Å². The van der Waals surface area contributed by atoms with Gasteiger partial charge >= 0.3 is 5.76 Å². The summed E-state index contributed by atoms with van der Waals surface area (Å²) in [6.07, 6.45) is 2.26. The summed E-state index contributed by atoms with van der Waals surface area (Å²) in [6.45, 7) is 2.31. The van der Waals surface area contributed by atoms with Gasteiger partial charge in [0.15, 0.2) is 5.58 Å². The lowest BCUT2D eigenvalue weighted by Crippen LogP contribution is -2.36. The summed E-state index contributed by atoms with van der Waals surface area (Å²) in [6, 6.07) is 15.0. The summed E-state index contributed by atoms with van der Waals surface area (Å²) < 4.78 is 6.78. The first kappa shape index (κ1) is 17.9. The van der Waals surface area contributed by atoms with E-state index in [2.05, 4.69) is 0 Å². The third kappa shape index (κ3) is 3.52. The molecule has 0 spiro atoms. The van der Waals surface area contributed by atoms with Crippen molar-refractivity contribution in [2.75, 3.05) is 0 Å². The third-order valence-electron chi connectivity index (χ3n) is 5.12. The fraction of sp³-hybridized carbons (Fsp3) is 0.333. The van der Waals surface area contributed by atoms with Crippen LogP contribution in [0.3, 0.4) is 0 Å². The minimum absolute atomic E-state index is 0.0297. The van der Waals surface area contributed by atoms with Crippen LogP contribution >= 0.6 is 11.6 Å².